The fraction of sp³-hybridized carbons (Fsp3) is 0.323. The van der Waals surface area contributed by atoms with Crippen LogP contribution in [-0.2, 0) is 11.2 Å². The number of rotatable bonds is 7. The third-order valence-corrected chi connectivity index (χ3v) is 8.66. The second-order valence-corrected chi connectivity index (χ2v) is 11.2. The number of anilines is 2. The lowest BCUT2D eigenvalue weighted by molar-refractivity contribution is -0.119. The van der Waals surface area contributed by atoms with E-state index in [9.17, 15) is 9.59 Å². The Balaban J connectivity index is 1.09. The van der Waals surface area contributed by atoms with Crippen molar-refractivity contribution in [3.63, 3.8) is 0 Å². The maximum atomic E-state index is 12.9. The van der Waals surface area contributed by atoms with Gasteiger partial charge in [0.25, 0.3) is 0 Å². The highest BCUT2D eigenvalue weighted by Crippen LogP contribution is 2.37. The Hall–Kier alpha value is -3.55. The molecule has 194 valence electrons. The number of aromatic nitrogens is 1. The number of fused-ring (bicyclic) bond motifs is 2. The minimum Gasteiger partial charge on any atom is -0.353 e. The molecule has 0 aliphatic carbocycles. The van der Waals surface area contributed by atoms with Gasteiger partial charge >= 0.3 is 0 Å². The van der Waals surface area contributed by atoms with Crippen molar-refractivity contribution in [1.29, 1.82) is 0 Å². The SMILES string of the molecule is CC1CC(=O)N(CC(=O)c2ccccc2)c2ccc(CCN3CCN(c4nsc5ccccc45)CC3)cc21. The van der Waals surface area contributed by atoms with E-state index in [1.54, 1.807) is 16.4 Å². The normalized spacial score (nSPS) is 18.1. The van der Waals surface area contributed by atoms with Crippen molar-refractivity contribution in [2.45, 2.75) is 25.7 Å². The first kappa shape index (κ1) is 24.8. The molecule has 3 heterocycles. The highest BCUT2D eigenvalue weighted by Gasteiger charge is 2.30. The minimum atomic E-state index is -0.0340. The quantitative estimate of drug-likeness (QED) is 0.304. The zero-order chi connectivity index (χ0) is 26.1. The number of nitrogens with zero attached hydrogens (tertiary/aromatic N) is 4. The molecular weight excluding hydrogens is 492 g/mol. The molecule has 1 unspecified atom stereocenters. The van der Waals surface area contributed by atoms with Crippen LogP contribution in [0, 0.1) is 0 Å². The summed E-state index contributed by atoms with van der Waals surface area (Å²) < 4.78 is 5.98. The van der Waals surface area contributed by atoms with Crippen LogP contribution >= 0.6 is 11.5 Å². The minimum absolute atomic E-state index is 0.0211. The van der Waals surface area contributed by atoms with E-state index in [0.717, 1.165) is 50.6 Å². The second kappa shape index (κ2) is 10.7. The van der Waals surface area contributed by atoms with Crippen LogP contribution in [-0.4, -0.2) is 60.2 Å². The number of piperazine rings is 1. The largest absolute Gasteiger partial charge is 0.353 e. The smallest absolute Gasteiger partial charge is 0.228 e. The van der Waals surface area contributed by atoms with Crippen LogP contribution in [0.2, 0.25) is 0 Å². The van der Waals surface area contributed by atoms with Crippen molar-refractivity contribution in [1.82, 2.24) is 9.27 Å². The third-order valence-electron chi connectivity index (χ3n) is 7.84. The van der Waals surface area contributed by atoms with Gasteiger partial charge in [0, 0.05) is 55.8 Å². The number of benzene rings is 3. The molecule has 1 fully saturated rings. The molecule has 7 heteroatoms. The zero-order valence-electron chi connectivity index (χ0n) is 21.7. The molecule has 1 saturated heterocycles. The first-order valence-electron chi connectivity index (χ1n) is 13.4. The maximum Gasteiger partial charge on any atom is 0.228 e. The Bertz CT molecular complexity index is 1460. The van der Waals surface area contributed by atoms with Gasteiger partial charge in [-0.25, -0.2) is 0 Å². The van der Waals surface area contributed by atoms with Crippen molar-refractivity contribution in [2.24, 2.45) is 0 Å². The van der Waals surface area contributed by atoms with Gasteiger partial charge in [0.1, 0.15) is 5.82 Å². The number of ketones is 1. The molecule has 6 nitrogen and oxygen atoms in total. The highest BCUT2D eigenvalue weighted by molar-refractivity contribution is 7.13. The average Bonchev–Trinajstić information content (AvgIpc) is 3.39. The van der Waals surface area contributed by atoms with Gasteiger partial charge in [0.15, 0.2) is 5.78 Å². The van der Waals surface area contributed by atoms with Crippen molar-refractivity contribution in [3.8, 4) is 0 Å². The predicted molar refractivity (Wildman–Crippen MR) is 155 cm³/mol. The van der Waals surface area contributed by atoms with E-state index >= 15 is 0 Å². The van der Waals surface area contributed by atoms with Gasteiger partial charge in [-0.15, -0.1) is 0 Å². The van der Waals surface area contributed by atoms with Gasteiger partial charge in [-0.3, -0.25) is 14.5 Å². The maximum absolute atomic E-state index is 12.9. The molecule has 2 aliphatic heterocycles. The summed E-state index contributed by atoms with van der Waals surface area (Å²) >= 11 is 1.58. The number of amides is 1. The Labute approximate surface area is 227 Å². The van der Waals surface area contributed by atoms with Gasteiger partial charge in [0.2, 0.25) is 5.91 Å². The molecule has 1 aromatic heterocycles. The molecule has 1 amide bonds. The summed E-state index contributed by atoms with van der Waals surface area (Å²) in [6, 6.07) is 24.1. The van der Waals surface area contributed by atoms with Crippen LogP contribution in [0.1, 0.15) is 40.7 Å². The molecule has 1 atom stereocenters. The molecule has 4 aromatic rings. The van der Waals surface area contributed by atoms with Crippen LogP contribution in [0.5, 0.6) is 0 Å². The van der Waals surface area contributed by atoms with Crippen molar-refractivity contribution >= 4 is 44.8 Å². The Morgan fingerprint density at radius 3 is 2.55 bits per heavy atom. The number of hydrogen-bond acceptors (Lipinski definition) is 6. The summed E-state index contributed by atoms with van der Waals surface area (Å²) in [6.07, 6.45) is 1.41. The van der Waals surface area contributed by atoms with E-state index in [2.05, 4.69) is 53.1 Å². The summed E-state index contributed by atoms with van der Waals surface area (Å²) in [5, 5.41) is 1.26. The van der Waals surface area contributed by atoms with Crippen molar-refractivity contribution in [2.75, 3.05) is 49.1 Å². The van der Waals surface area contributed by atoms with E-state index < -0.39 is 0 Å². The topological polar surface area (TPSA) is 56.8 Å². The standard InChI is InChI=1S/C31H32N4O2S/c1-22-19-30(37)35(21-28(36)24-7-3-2-4-8-24)27-12-11-23(20-26(22)27)13-14-33-15-17-34(18-16-33)31-25-9-5-6-10-29(25)38-32-31/h2-12,20,22H,13-19,21H2,1H3. The summed E-state index contributed by atoms with van der Waals surface area (Å²) in [5.41, 5.74) is 3.97. The summed E-state index contributed by atoms with van der Waals surface area (Å²) in [4.78, 5) is 32.4. The zero-order valence-corrected chi connectivity index (χ0v) is 22.5. The molecule has 0 spiro atoms. The molecule has 0 bridgehead atoms. The molecular formula is C31H32N4O2S. The monoisotopic (exact) mass is 524 g/mol. The first-order valence-corrected chi connectivity index (χ1v) is 14.2. The van der Waals surface area contributed by atoms with E-state index in [1.807, 2.05) is 36.4 Å². The summed E-state index contributed by atoms with van der Waals surface area (Å²) in [5.74, 6) is 1.26. The van der Waals surface area contributed by atoms with Gasteiger partial charge in [0.05, 0.1) is 11.2 Å². The van der Waals surface area contributed by atoms with Gasteiger partial charge in [-0.2, -0.15) is 4.37 Å². The lowest BCUT2D eigenvalue weighted by Crippen LogP contribution is -2.47. The predicted octanol–water partition coefficient (Wildman–Crippen LogP) is 5.38. The van der Waals surface area contributed by atoms with Crippen LogP contribution in [0.25, 0.3) is 10.1 Å². The molecule has 0 N–H and O–H groups in total. The van der Waals surface area contributed by atoms with Crippen LogP contribution in [0.4, 0.5) is 11.5 Å². The molecule has 6 rings (SSSR count). The van der Waals surface area contributed by atoms with E-state index in [-0.39, 0.29) is 24.2 Å². The third kappa shape index (κ3) is 4.96. The van der Waals surface area contributed by atoms with E-state index in [4.69, 9.17) is 4.37 Å². The molecule has 0 radical (unpaired) electrons. The van der Waals surface area contributed by atoms with Crippen LogP contribution in [0.3, 0.4) is 0 Å². The fourth-order valence-corrected chi connectivity index (χ4v) is 6.42. The highest BCUT2D eigenvalue weighted by atomic mass is 32.1. The van der Waals surface area contributed by atoms with Gasteiger partial charge in [-0.1, -0.05) is 61.5 Å². The number of Topliss-reactive ketones (excluding diaryl/α,β-unsaturated/α-hetero) is 1. The fourth-order valence-electron chi connectivity index (χ4n) is 5.62. The number of carbonyl (C=O) groups excluding carboxylic acids is 2. The van der Waals surface area contributed by atoms with Crippen LogP contribution < -0.4 is 9.80 Å². The van der Waals surface area contributed by atoms with Crippen LogP contribution in [0.15, 0.2) is 72.8 Å². The second-order valence-electron chi connectivity index (χ2n) is 10.3. The average molecular weight is 525 g/mol. The van der Waals surface area contributed by atoms with Gasteiger partial charge in [-0.05, 0) is 53.2 Å². The Morgan fingerprint density at radius 1 is 0.974 bits per heavy atom. The van der Waals surface area contributed by atoms with Crippen molar-refractivity contribution in [3.05, 3.63) is 89.5 Å². The summed E-state index contributed by atoms with van der Waals surface area (Å²) in [7, 11) is 0. The lowest BCUT2D eigenvalue weighted by atomic mass is 9.89. The molecule has 2 aliphatic rings. The Kier molecular flexibility index (Phi) is 6.96. The summed E-state index contributed by atoms with van der Waals surface area (Å²) in [6.45, 7) is 7.23. The lowest BCUT2D eigenvalue weighted by Gasteiger charge is -2.35. The molecule has 38 heavy (non-hydrogen) atoms. The molecule has 0 saturated carbocycles. The number of hydrogen-bond donors (Lipinski definition) is 0. The van der Waals surface area contributed by atoms with E-state index in [1.165, 1.54) is 21.2 Å². The van der Waals surface area contributed by atoms with Gasteiger partial charge < -0.3 is 9.80 Å². The van der Waals surface area contributed by atoms with Crippen molar-refractivity contribution < 1.29 is 9.59 Å². The first-order chi connectivity index (χ1) is 18.6. The Morgan fingerprint density at radius 2 is 1.74 bits per heavy atom. The number of carbonyl (C=O) groups is 2. The molecule has 3 aromatic carbocycles. The van der Waals surface area contributed by atoms with E-state index in [0.29, 0.717) is 12.0 Å².